The fourth-order valence-electron chi connectivity index (χ4n) is 2.14. The van der Waals surface area contributed by atoms with Crippen molar-refractivity contribution in [2.75, 3.05) is 27.7 Å². The van der Waals surface area contributed by atoms with Crippen molar-refractivity contribution in [2.45, 2.75) is 38.8 Å². The molecule has 1 aromatic heterocycles. The minimum atomic E-state index is 0.509. The molecule has 98 valence electrons. The van der Waals surface area contributed by atoms with Gasteiger partial charge < -0.3 is 14.8 Å². The van der Waals surface area contributed by atoms with E-state index < -0.39 is 0 Å². The molecule has 0 saturated heterocycles. The molecule has 1 heterocycles. The van der Waals surface area contributed by atoms with Gasteiger partial charge in [-0.25, -0.2) is 0 Å². The van der Waals surface area contributed by atoms with Crippen LogP contribution in [-0.2, 0) is 6.54 Å². The quantitative estimate of drug-likeness (QED) is 0.749. The largest absolute Gasteiger partial charge is 0.354 e. The topological polar surface area (TPSA) is 20.2 Å². The average Bonchev–Trinajstić information content (AvgIpc) is 2.74. The zero-order valence-electron chi connectivity index (χ0n) is 11.7. The number of nitrogens with one attached hydrogen (secondary N) is 1. The Bertz CT molecular complexity index is 304. The molecule has 0 saturated carbocycles. The van der Waals surface area contributed by atoms with E-state index in [9.17, 15) is 0 Å². The summed E-state index contributed by atoms with van der Waals surface area (Å²) in [5.74, 6) is 0. The van der Waals surface area contributed by atoms with Crippen LogP contribution in [0.2, 0.25) is 0 Å². The molecule has 17 heavy (non-hydrogen) atoms. The van der Waals surface area contributed by atoms with Crippen molar-refractivity contribution in [3.8, 4) is 0 Å². The molecule has 0 spiro atoms. The van der Waals surface area contributed by atoms with Crippen LogP contribution in [0.25, 0.3) is 0 Å². The minimum Gasteiger partial charge on any atom is -0.354 e. The second kappa shape index (κ2) is 7.51. The molecule has 0 radical (unpaired) electrons. The smallest absolute Gasteiger partial charge is 0.0332 e. The van der Waals surface area contributed by atoms with E-state index in [2.05, 4.69) is 54.3 Å². The van der Waals surface area contributed by atoms with Gasteiger partial charge in [-0.1, -0.05) is 13.3 Å². The van der Waals surface area contributed by atoms with Gasteiger partial charge in [0.15, 0.2) is 0 Å². The van der Waals surface area contributed by atoms with Gasteiger partial charge in [0.25, 0.3) is 0 Å². The first-order valence-electron chi connectivity index (χ1n) is 6.65. The first kappa shape index (κ1) is 14.3. The van der Waals surface area contributed by atoms with Gasteiger partial charge in [0.1, 0.15) is 0 Å². The molecule has 0 bridgehead atoms. The molecule has 3 nitrogen and oxygen atoms in total. The van der Waals surface area contributed by atoms with Crippen molar-refractivity contribution in [3.05, 3.63) is 24.0 Å². The van der Waals surface area contributed by atoms with Gasteiger partial charge in [0, 0.05) is 25.0 Å². The lowest BCUT2D eigenvalue weighted by Gasteiger charge is -2.13. The summed E-state index contributed by atoms with van der Waals surface area (Å²) in [6.07, 6.45) is 8.12. The summed E-state index contributed by atoms with van der Waals surface area (Å²) in [6, 6.07) is 2.75. The summed E-state index contributed by atoms with van der Waals surface area (Å²) < 4.78 is 2.30. The number of hydrogen-bond donors (Lipinski definition) is 1. The van der Waals surface area contributed by atoms with E-state index in [4.69, 9.17) is 0 Å². The lowest BCUT2D eigenvalue weighted by molar-refractivity contribution is 0.386. The molecule has 0 aliphatic heterocycles. The van der Waals surface area contributed by atoms with E-state index in [-0.39, 0.29) is 0 Å². The average molecular weight is 237 g/mol. The number of aryl methyl sites for hydroxylation is 1. The fourth-order valence-corrected chi connectivity index (χ4v) is 2.14. The van der Waals surface area contributed by atoms with Crippen molar-refractivity contribution < 1.29 is 0 Å². The lowest BCUT2D eigenvalue weighted by atomic mass is 10.1. The van der Waals surface area contributed by atoms with Gasteiger partial charge >= 0.3 is 0 Å². The first-order chi connectivity index (χ1) is 8.17. The molecule has 1 atom stereocenters. The maximum absolute atomic E-state index is 3.39. The Balaban J connectivity index is 2.46. The van der Waals surface area contributed by atoms with Gasteiger partial charge in [0.05, 0.1) is 0 Å². The molecule has 0 aliphatic carbocycles. The zero-order chi connectivity index (χ0) is 12.7. The molecule has 0 fully saturated rings. The number of rotatable bonds is 8. The Morgan fingerprint density at radius 2 is 2.18 bits per heavy atom. The monoisotopic (exact) mass is 237 g/mol. The van der Waals surface area contributed by atoms with Gasteiger partial charge in [-0.05, 0) is 52.2 Å². The highest BCUT2D eigenvalue weighted by molar-refractivity contribution is 5.15. The van der Waals surface area contributed by atoms with Crippen molar-refractivity contribution in [1.82, 2.24) is 14.8 Å². The van der Waals surface area contributed by atoms with Crippen molar-refractivity contribution in [2.24, 2.45) is 0 Å². The SMILES string of the molecule is CCCC(NC)c1ccn(CCCN(C)C)c1. The van der Waals surface area contributed by atoms with Crippen LogP contribution in [0.5, 0.6) is 0 Å². The summed E-state index contributed by atoms with van der Waals surface area (Å²) in [6.45, 7) is 4.50. The van der Waals surface area contributed by atoms with Crippen LogP contribution in [0.1, 0.15) is 37.8 Å². The van der Waals surface area contributed by atoms with E-state index in [1.54, 1.807) is 0 Å². The van der Waals surface area contributed by atoms with Gasteiger partial charge in [-0.3, -0.25) is 0 Å². The highest BCUT2D eigenvalue weighted by Gasteiger charge is 2.08. The van der Waals surface area contributed by atoms with E-state index in [0.29, 0.717) is 6.04 Å². The predicted octanol–water partition coefficient (Wildman–Crippen LogP) is 2.50. The molecule has 1 N–H and O–H groups in total. The van der Waals surface area contributed by atoms with E-state index in [0.717, 1.165) is 13.1 Å². The second-order valence-electron chi connectivity index (χ2n) is 4.97. The molecule has 1 unspecified atom stereocenters. The first-order valence-corrected chi connectivity index (χ1v) is 6.65. The maximum Gasteiger partial charge on any atom is 0.0332 e. The number of nitrogens with zero attached hydrogens (tertiary/aromatic N) is 2. The normalized spacial score (nSPS) is 13.2. The van der Waals surface area contributed by atoms with E-state index in [1.165, 1.54) is 24.8 Å². The van der Waals surface area contributed by atoms with Crippen LogP contribution < -0.4 is 5.32 Å². The van der Waals surface area contributed by atoms with Crippen LogP contribution in [0.3, 0.4) is 0 Å². The Labute approximate surface area is 106 Å². The van der Waals surface area contributed by atoms with Crippen LogP contribution in [-0.4, -0.2) is 37.2 Å². The standard InChI is InChI=1S/C14H27N3/c1-5-7-14(15-2)13-8-11-17(12-13)10-6-9-16(3)4/h8,11-12,14-15H,5-7,9-10H2,1-4H3. The number of hydrogen-bond acceptors (Lipinski definition) is 2. The highest BCUT2D eigenvalue weighted by Crippen LogP contribution is 2.18. The van der Waals surface area contributed by atoms with E-state index >= 15 is 0 Å². The summed E-state index contributed by atoms with van der Waals surface area (Å²) in [5, 5.41) is 3.39. The Kier molecular flexibility index (Phi) is 6.30. The third-order valence-corrected chi connectivity index (χ3v) is 3.12. The van der Waals surface area contributed by atoms with Crippen molar-refractivity contribution >= 4 is 0 Å². The van der Waals surface area contributed by atoms with Crippen LogP contribution in [0.15, 0.2) is 18.5 Å². The van der Waals surface area contributed by atoms with Gasteiger partial charge in [0.2, 0.25) is 0 Å². The van der Waals surface area contributed by atoms with Crippen LogP contribution in [0.4, 0.5) is 0 Å². The summed E-state index contributed by atoms with van der Waals surface area (Å²) in [7, 11) is 6.29. The third kappa shape index (κ3) is 4.92. The summed E-state index contributed by atoms with van der Waals surface area (Å²) >= 11 is 0. The maximum atomic E-state index is 3.39. The summed E-state index contributed by atoms with van der Waals surface area (Å²) in [5.41, 5.74) is 1.42. The molecular weight excluding hydrogens is 210 g/mol. The highest BCUT2D eigenvalue weighted by atomic mass is 15.1. The molecule has 1 aromatic rings. The van der Waals surface area contributed by atoms with E-state index in [1.807, 2.05) is 7.05 Å². The number of aromatic nitrogens is 1. The third-order valence-electron chi connectivity index (χ3n) is 3.12. The van der Waals surface area contributed by atoms with Crippen molar-refractivity contribution in [3.63, 3.8) is 0 Å². The second-order valence-corrected chi connectivity index (χ2v) is 4.97. The minimum absolute atomic E-state index is 0.509. The predicted molar refractivity (Wildman–Crippen MR) is 74.3 cm³/mol. The Morgan fingerprint density at radius 3 is 2.76 bits per heavy atom. The molecule has 1 rings (SSSR count). The molecule has 0 aliphatic rings. The van der Waals surface area contributed by atoms with Crippen molar-refractivity contribution in [1.29, 1.82) is 0 Å². The van der Waals surface area contributed by atoms with Crippen LogP contribution >= 0.6 is 0 Å². The Hall–Kier alpha value is -0.800. The molecule has 3 heteroatoms. The summed E-state index contributed by atoms with van der Waals surface area (Å²) in [4.78, 5) is 2.23. The fraction of sp³-hybridized carbons (Fsp3) is 0.714. The Morgan fingerprint density at radius 1 is 1.41 bits per heavy atom. The van der Waals surface area contributed by atoms with Gasteiger partial charge in [-0.2, -0.15) is 0 Å². The lowest BCUT2D eigenvalue weighted by Crippen LogP contribution is -2.16. The zero-order valence-corrected chi connectivity index (χ0v) is 11.7. The van der Waals surface area contributed by atoms with Gasteiger partial charge in [-0.15, -0.1) is 0 Å². The molecular formula is C14H27N3. The molecule has 0 aromatic carbocycles. The molecule has 0 amide bonds. The van der Waals surface area contributed by atoms with Crippen LogP contribution in [0, 0.1) is 0 Å².